The first-order chi connectivity index (χ1) is 11.6. The summed E-state index contributed by atoms with van der Waals surface area (Å²) in [6, 6.07) is 12.4. The molecule has 0 bridgehead atoms. The van der Waals surface area contributed by atoms with Gasteiger partial charge in [-0.15, -0.1) is 0 Å². The van der Waals surface area contributed by atoms with Gasteiger partial charge >= 0.3 is 6.09 Å². The number of nitrogens with zero attached hydrogens (tertiary/aromatic N) is 1. The minimum atomic E-state index is -1.30. The van der Waals surface area contributed by atoms with Crippen molar-refractivity contribution in [1.82, 2.24) is 0 Å². The first-order valence-electron chi connectivity index (χ1n) is 7.39. The van der Waals surface area contributed by atoms with Crippen molar-refractivity contribution >= 4 is 23.3 Å². The molecule has 0 atom stereocenters. The van der Waals surface area contributed by atoms with Crippen LogP contribution in [-0.2, 0) is 11.2 Å². The summed E-state index contributed by atoms with van der Waals surface area (Å²) in [6.45, 7) is 0.173. The number of hydrogen-bond acceptors (Lipinski definition) is 4. The van der Waals surface area contributed by atoms with E-state index >= 15 is 0 Å². The second-order valence-corrected chi connectivity index (χ2v) is 5.50. The highest BCUT2D eigenvalue weighted by atomic mass is 16.7. The first-order valence-corrected chi connectivity index (χ1v) is 7.39. The van der Waals surface area contributed by atoms with Gasteiger partial charge in [-0.3, -0.25) is 4.79 Å². The van der Waals surface area contributed by atoms with Crippen LogP contribution in [0, 0.1) is 0 Å². The standard InChI is InChI=1S/C18H13NO5/c20-17-9-13(11-5-6-15-16(8-11)24-10-23-15)7-12-3-1-2-4-14(12)19(17)18(21)22/h1-6,8-9H,7,10H2,(H,21,22). The smallest absolute Gasteiger partial charge is 0.419 e. The van der Waals surface area contributed by atoms with Crippen molar-refractivity contribution < 1.29 is 24.2 Å². The molecule has 2 heterocycles. The zero-order chi connectivity index (χ0) is 16.7. The molecule has 0 unspecified atom stereocenters. The van der Waals surface area contributed by atoms with Crippen LogP contribution < -0.4 is 14.4 Å². The van der Waals surface area contributed by atoms with E-state index in [-0.39, 0.29) is 6.79 Å². The van der Waals surface area contributed by atoms with Gasteiger partial charge in [0.25, 0.3) is 5.91 Å². The summed E-state index contributed by atoms with van der Waals surface area (Å²) >= 11 is 0. The van der Waals surface area contributed by atoms with Crippen LogP contribution in [0.15, 0.2) is 48.5 Å². The number of carboxylic acid groups (broad SMARTS) is 1. The Hall–Kier alpha value is -3.28. The lowest BCUT2D eigenvalue weighted by atomic mass is 9.97. The summed E-state index contributed by atoms with van der Waals surface area (Å²) in [4.78, 5) is 24.7. The molecule has 6 nitrogen and oxygen atoms in total. The molecule has 0 spiro atoms. The SMILES string of the molecule is O=C(O)N1C(=O)C=C(c2ccc3c(c2)OCO3)Cc2ccccc21. The highest BCUT2D eigenvalue weighted by molar-refractivity contribution is 6.19. The van der Waals surface area contributed by atoms with Gasteiger partial charge in [0.1, 0.15) is 0 Å². The molecule has 2 aromatic rings. The molecule has 120 valence electrons. The van der Waals surface area contributed by atoms with E-state index in [1.54, 1.807) is 24.3 Å². The monoisotopic (exact) mass is 323 g/mol. The van der Waals surface area contributed by atoms with Gasteiger partial charge in [0, 0.05) is 12.5 Å². The van der Waals surface area contributed by atoms with Crippen LogP contribution >= 0.6 is 0 Å². The summed E-state index contributed by atoms with van der Waals surface area (Å²) in [5.41, 5.74) is 2.70. The number of imide groups is 1. The Bertz CT molecular complexity index is 887. The van der Waals surface area contributed by atoms with Crippen LogP contribution in [0.1, 0.15) is 11.1 Å². The Morgan fingerprint density at radius 2 is 1.88 bits per heavy atom. The zero-order valence-corrected chi connectivity index (χ0v) is 12.6. The van der Waals surface area contributed by atoms with Crippen molar-refractivity contribution in [3.8, 4) is 11.5 Å². The molecular weight excluding hydrogens is 310 g/mol. The maximum atomic E-state index is 12.4. The maximum absolute atomic E-state index is 12.4. The topological polar surface area (TPSA) is 76.1 Å². The van der Waals surface area contributed by atoms with Crippen molar-refractivity contribution in [3.05, 3.63) is 59.7 Å². The summed E-state index contributed by atoms with van der Waals surface area (Å²) in [6.07, 6.45) is 0.521. The maximum Gasteiger partial charge on any atom is 0.419 e. The molecule has 2 aliphatic rings. The number of anilines is 1. The quantitative estimate of drug-likeness (QED) is 0.873. The molecule has 0 aliphatic carbocycles. The van der Waals surface area contributed by atoms with E-state index < -0.39 is 12.0 Å². The van der Waals surface area contributed by atoms with Gasteiger partial charge in [0.05, 0.1) is 5.69 Å². The summed E-state index contributed by atoms with van der Waals surface area (Å²) in [5.74, 6) is 0.695. The normalized spacial score (nSPS) is 15.6. The Morgan fingerprint density at radius 1 is 1.08 bits per heavy atom. The minimum absolute atomic E-state index is 0.173. The molecular formula is C18H13NO5. The Kier molecular flexibility index (Phi) is 3.23. The Morgan fingerprint density at radius 3 is 2.71 bits per heavy atom. The number of ether oxygens (including phenoxy) is 2. The number of allylic oxidation sites excluding steroid dienone is 1. The molecule has 2 amide bonds. The lowest BCUT2D eigenvalue weighted by Gasteiger charge is -2.16. The average molecular weight is 323 g/mol. The zero-order valence-electron chi connectivity index (χ0n) is 12.6. The number of fused-ring (bicyclic) bond motifs is 2. The number of benzene rings is 2. The van der Waals surface area contributed by atoms with E-state index in [9.17, 15) is 14.7 Å². The number of carbonyl (C=O) groups excluding carboxylic acids is 1. The molecule has 1 N–H and O–H groups in total. The van der Waals surface area contributed by atoms with Crippen LogP contribution in [0.5, 0.6) is 11.5 Å². The second-order valence-electron chi connectivity index (χ2n) is 5.50. The van der Waals surface area contributed by atoms with Crippen molar-refractivity contribution in [2.75, 3.05) is 11.7 Å². The van der Waals surface area contributed by atoms with Crippen LogP contribution in [0.3, 0.4) is 0 Å². The summed E-state index contributed by atoms with van der Waals surface area (Å²) in [5, 5.41) is 9.40. The van der Waals surface area contributed by atoms with E-state index in [1.807, 2.05) is 18.2 Å². The molecule has 4 rings (SSSR count). The predicted octanol–water partition coefficient (Wildman–Crippen LogP) is 3.07. The third kappa shape index (κ3) is 2.28. The van der Waals surface area contributed by atoms with Crippen molar-refractivity contribution in [2.45, 2.75) is 6.42 Å². The molecule has 0 aromatic heterocycles. The van der Waals surface area contributed by atoms with Crippen molar-refractivity contribution in [1.29, 1.82) is 0 Å². The Balaban J connectivity index is 1.82. The van der Waals surface area contributed by atoms with Gasteiger partial charge in [0.2, 0.25) is 6.79 Å². The van der Waals surface area contributed by atoms with E-state index in [0.29, 0.717) is 23.6 Å². The van der Waals surface area contributed by atoms with Crippen LogP contribution in [0.2, 0.25) is 0 Å². The van der Waals surface area contributed by atoms with E-state index in [1.165, 1.54) is 6.08 Å². The number of amides is 2. The predicted molar refractivity (Wildman–Crippen MR) is 86.2 cm³/mol. The largest absolute Gasteiger partial charge is 0.464 e. The fraction of sp³-hybridized carbons (Fsp3) is 0.111. The minimum Gasteiger partial charge on any atom is -0.464 e. The van der Waals surface area contributed by atoms with Gasteiger partial charge in [0.15, 0.2) is 11.5 Å². The molecule has 2 aliphatic heterocycles. The molecule has 0 saturated heterocycles. The van der Waals surface area contributed by atoms with Crippen LogP contribution in [0.4, 0.5) is 10.5 Å². The third-order valence-corrected chi connectivity index (χ3v) is 4.07. The van der Waals surface area contributed by atoms with Crippen molar-refractivity contribution in [3.63, 3.8) is 0 Å². The molecule has 0 saturated carbocycles. The van der Waals surface area contributed by atoms with E-state index in [0.717, 1.165) is 21.6 Å². The van der Waals surface area contributed by atoms with Crippen LogP contribution in [-0.4, -0.2) is 23.9 Å². The Labute approximate surface area is 137 Å². The van der Waals surface area contributed by atoms with Gasteiger partial charge < -0.3 is 14.6 Å². The highest BCUT2D eigenvalue weighted by Gasteiger charge is 2.28. The van der Waals surface area contributed by atoms with Gasteiger partial charge in [-0.1, -0.05) is 24.3 Å². The number of rotatable bonds is 1. The number of hydrogen-bond donors (Lipinski definition) is 1. The first kappa shape index (κ1) is 14.3. The third-order valence-electron chi connectivity index (χ3n) is 4.07. The molecule has 0 radical (unpaired) electrons. The van der Waals surface area contributed by atoms with Gasteiger partial charge in [-0.25, -0.2) is 9.69 Å². The van der Waals surface area contributed by atoms with E-state index in [4.69, 9.17) is 9.47 Å². The lowest BCUT2D eigenvalue weighted by molar-refractivity contribution is -0.113. The number of para-hydroxylation sites is 1. The number of carbonyl (C=O) groups is 2. The fourth-order valence-electron chi connectivity index (χ4n) is 2.95. The summed E-state index contributed by atoms with van der Waals surface area (Å²) < 4.78 is 10.7. The van der Waals surface area contributed by atoms with Gasteiger partial charge in [-0.2, -0.15) is 0 Å². The highest BCUT2D eigenvalue weighted by Crippen LogP contribution is 2.37. The lowest BCUT2D eigenvalue weighted by Crippen LogP contribution is -2.34. The average Bonchev–Trinajstić information content (AvgIpc) is 2.97. The molecule has 2 aromatic carbocycles. The fourth-order valence-corrected chi connectivity index (χ4v) is 2.95. The van der Waals surface area contributed by atoms with Crippen molar-refractivity contribution in [2.24, 2.45) is 0 Å². The van der Waals surface area contributed by atoms with Crippen LogP contribution in [0.25, 0.3) is 5.57 Å². The van der Waals surface area contributed by atoms with Gasteiger partial charge in [-0.05, 0) is 34.9 Å². The van der Waals surface area contributed by atoms with E-state index in [2.05, 4.69) is 0 Å². The summed E-state index contributed by atoms with van der Waals surface area (Å²) in [7, 11) is 0. The second kappa shape index (κ2) is 5.42. The molecule has 6 heteroatoms. The molecule has 24 heavy (non-hydrogen) atoms. The molecule has 0 fully saturated rings.